The van der Waals surface area contributed by atoms with Gasteiger partial charge in [-0.1, -0.05) is 6.07 Å². The van der Waals surface area contributed by atoms with E-state index >= 15 is 0 Å². The van der Waals surface area contributed by atoms with Crippen molar-refractivity contribution in [3.05, 3.63) is 75.1 Å². The van der Waals surface area contributed by atoms with Crippen LogP contribution < -0.4 is 10.9 Å². The zero-order chi connectivity index (χ0) is 20.3. The minimum atomic E-state index is -0.641. The van der Waals surface area contributed by atoms with E-state index in [1.807, 2.05) is 19.9 Å². The predicted molar refractivity (Wildman–Crippen MR) is 102 cm³/mol. The summed E-state index contributed by atoms with van der Waals surface area (Å²) in [5, 5.41) is 12.5. The van der Waals surface area contributed by atoms with Crippen LogP contribution in [0.1, 0.15) is 27.0 Å². The first kappa shape index (κ1) is 19.2. The number of amides is 1. The molecule has 3 aromatic rings. The normalized spacial score (nSPS) is 10.6. The Hall–Kier alpha value is -3.61. The van der Waals surface area contributed by atoms with Gasteiger partial charge < -0.3 is 19.6 Å². The van der Waals surface area contributed by atoms with Crippen molar-refractivity contribution in [2.24, 2.45) is 0 Å². The third-order valence-electron chi connectivity index (χ3n) is 4.36. The molecule has 2 aromatic carbocycles. The molecule has 0 aliphatic heterocycles. The number of phenolic OH excluding ortho intramolecular Hbond substituents is 1. The van der Waals surface area contributed by atoms with Crippen LogP contribution >= 0.6 is 0 Å². The van der Waals surface area contributed by atoms with Gasteiger partial charge in [0.25, 0.3) is 5.91 Å². The molecule has 0 aliphatic carbocycles. The van der Waals surface area contributed by atoms with Crippen molar-refractivity contribution < 1.29 is 23.8 Å². The number of aromatic hydroxyl groups is 1. The summed E-state index contributed by atoms with van der Waals surface area (Å²) < 4.78 is 10.2. The molecule has 0 bridgehead atoms. The highest BCUT2D eigenvalue weighted by atomic mass is 16.5. The van der Waals surface area contributed by atoms with E-state index in [4.69, 9.17) is 9.15 Å². The lowest BCUT2D eigenvalue weighted by Crippen LogP contribution is -2.30. The van der Waals surface area contributed by atoms with Crippen molar-refractivity contribution in [2.75, 3.05) is 6.54 Å². The third kappa shape index (κ3) is 4.37. The van der Waals surface area contributed by atoms with E-state index < -0.39 is 11.6 Å². The van der Waals surface area contributed by atoms with Gasteiger partial charge in [-0.15, -0.1) is 0 Å². The van der Waals surface area contributed by atoms with Crippen LogP contribution in [0.15, 0.2) is 51.7 Å². The van der Waals surface area contributed by atoms with Crippen molar-refractivity contribution in [1.29, 1.82) is 0 Å². The molecule has 0 aliphatic rings. The Morgan fingerprint density at radius 3 is 2.61 bits per heavy atom. The number of nitrogens with one attached hydrogen (secondary N) is 1. The fourth-order valence-electron chi connectivity index (χ4n) is 2.68. The summed E-state index contributed by atoms with van der Waals surface area (Å²) in [5.41, 5.74) is 2.54. The fraction of sp³-hybridized carbons (Fsp3) is 0.190. The van der Waals surface area contributed by atoms with E-state index in [0.717, 1.165) is 11.1 Å². The maximum atomic E-state index is 12.1. The first-order chi connectivity index (χ1) is 13.3. The van der Waals surface area contributed by atoms with Crippen LogP contribution in [0.2, 0.25) is 0 Å². The topological polar surface area (TPSA) is 106 Å². The molecule has 28 heavy (non-hydrogen) atoms. The van der Waals surface area contributed by atoms with Crippen LogP contribution in [0, 0.1) is 13.8 Å². The van der Waals surface area contributed by atoms with Crippen molar-refractivity contribution in [2.45, 2.75) is 20.5 Å². The van der Waals surface area contributed by atoms with Crippen LogP contribution in [0.5, 0.6) is 5.75 Å². The van der Waals surface area contributed by atoms with E-state index in [0.29, 0.717) is 16.5 Å². The van der Waals surface area contributed by atoms with Crippen LogP contribution in [0.4, 0.5) is 0 Å². The lowest BCUT2D eigenvalue weighted by atomic mass is 10.1. The molecule has 0 radical (unpaired) electrons. The predicted octanol–water partition coefficient (Wildman–Crippen LogP) is 2.59. The number of phenols is 1. The number of aryl methyl sites for hydroxylation is 2. The van der Waals surface area contributed by atoms with Gasteiger partial charge in [0.2, 0.25) is 0 Å². The van der Waals surface area contributed by atoms with Gasteiger partial charge in [-0.2, -0.15) is 0 Å². The van der Waals surface area contributed by atoms with Gasteiger partial charge in [-0.25, -0.2) is 4.79 Å². The highest BCUT2D eigenvalue weighted by Gasteiger charge is 2.12. The molecule has 1 aromatic heterocycles. The molecule has 0 saturated heterocycles. The lowest BCUT2D eigenvalue weighted by Gasteiger charge is -2.09. The number of carbonyl (C=O) groups excluding carboxylic acids is 2. The van der Waals surface area contributed by atoms with E-state index in [9.17, 15) is 19.5 Å². The third-order valence-corrected chi connectivity index (χ3v) is 4.36. The van der Waals surface area contributed by atoms with Crippen LogP contribution in [-0.4, -0.2) is 23.5 Å². The van der Waals surface area contributed by atoms with Gasteiger partial charge in [0.05, 0.1) is 0 Å². The second-order valence-electron chi connectivity index (χ2n) is 6.41. The Morgan fingerprint density at radius 2 is 1.86 bits per heavy atom. The Bertz CT molecular complexity index is 1120. The average Bonchev–Trinajstić information content (AvgIpc) is 2.65. The summed E-state index contributed by atoms with van der Waals surface area (Å²) in [6.45, 7) is 3.39. The minimum absolute atomic E-state index is 0.0427. The van der Waals surface area contributed by atoms with Gasteiger partial charge in [0.1, 0.15) is 24.5 Å². The summed E-state index contributed by atoms with van der Waals surface area (Å²) >= 11 is 0. The summed E-state index contributed by atoms with van der Waals surface area (Å²) in [7, 11) is 0. The molecule has 0 unspecified atom stereocenters. The molecule has 7 heteroatoms. The molecule has 7 nitrogen and oxygen atoms in total. The van der Waals surface area contributed by atoms with E-state index in [-0.39, 0.29) is 30.4 Å². The van der Waals surface area contributed by atoms with Crippen molar-refractivity contribution in [1.82, 2.24) is 5.32 Å². The molecule has 0 fully saturated rings. The number of esters is 1. The monoisotopic (exact) mass is 381 g/mol. The molecule has 1 amide bonds. The first-order valence-electron chi connectivity index (χ1n) is 8.60. The summed E-state index contributed by atoms with van der Waals surface area (Å²) in [4.78, 5) is 35.7. The zero-order valence-corrected chi connectivity index (χ0v) is 15.4. The number of fused-ring (bicyclic) bond motifs is 1. The Balaban J connectivity index is 1.61. The molecule has 0 saturated carbocycles. The number of ether oxygens (including phenoxy) is 1. The Kier molecular flexibility index (Phi) is 5.44. The number of rotatable bonds is 5. The number of hydrogen-bond acceptors (Lipinski definition) is 6. The van der Waals surface area contributed by atoms with Crippen LogP contribution in [0.3, 0.4) is 0 Å². The van der Waals surface area contributed by atoms with Crippen LogP contribution in [0.25, 0.3) is 11.0 Å². The molecule has 2 N–H and O–H groups in total. The average molecular weight is 381 g/mol. The quantitative estimate of drug-likeness (QED) is 0.520. The summed E-state index contributed by atoms with van der Waals surface area (Å²) in [6.07, 6.45) is 0. The molecule has 1 heterocycles. The molecule has 3 rings (SSSR count). The Morgan fingerprint density at radius 1 is 1.07 bits per heavy atom. The molecular formula is C21H19NO6. The van der Waals surface area contributed by atoms with Gasteiger partial charge in [-0.05, 0) is 49.2 Å². The maximum Gasteiger partial charge on any atom is 0.336 e. The van der Waals surface area contributed by atoms with Gasteiger partial charge in [-0.3, -0.25) is 9.59 Å². The zero-order valence-electron chi connectivity index (χ0n) is 15.4. The van der Waals surface area contributed by atoms with Gasteiger partial charge in [0.15, 0.2) is 0 Å². The Labute approximate surface area is 160 Å². The smallest absolute Gasteiger partial charge is 0.336 e. The largest absolute Gasteiger partial charge is 0.508 e. The SMILES string of the molecule is Cc1ccc(C(=O)NCC(=O)OCc2cc(=O)oc3cc(O)ccc23)cc1C. The van der Waals surface area contributed by atoms with Gasteiger partial charge >= 0.3 is 11.6 Å². The summed E-state index contributed by atoms with van der Waals surface area (Å²) in [5.74, 6) is -1.06. The number of benzene rings is 2. The second-order valence-corrected chi connectivity index (χ2v) is 6.41. The van der Waals surface area contributed by atoms with Crippen molar-refractivity contribution >= 4 is 22.8 Å². The van der Waals surface area contributed by atoms with Crippen LogP contribution in [-0.2, 0) is 16.1 Å². The molecular weight excluding hydrogens is 362 g/mol. The van der Waals surface area contributed by atoms with E-state index in [1.165, 1.54) is 18.2 Å². The molecule has 144 valence electrons. The van der Waals surface area contributed by atoms with Gasteiger partial charge in [0, 0.05) is 28.6 Å². The van der Waals surface area contributed by atoms with Crippen molar-refractivity contribution in [3.63, 3.8) is 0 Å². The molecule has 0 spiro atoms. The molecule has 0 atom stereocenters. The highest BCUT2D eigenvalue weighted by molar-refractivity contribution is 5.96. The lowest BCUT2D eigenvalue weighted by molar-refractivity contribution is -0.143. The first-order valence-corrected chi connectivity index (χ1v) is 8.60. The number of hydrogen-bond donors (Lipinski definition) is 2. The fourth-order valence-corrected chi connectivity index (χ4v) is 2.68. The second kappa shape index (κ2) is 7.96. The van der Waals surface area contributed by atoms with E-state index in [1.54, 1.807) is 18.2 Å². The summed E-state index contributed by atoms with van der Waals surface area (Å²) in [6, 6.07) is 10.8. The number of carbonyl (C=O) groups is 2. The van der Waals surface area contributed by atoms with Crippen molar-refractivity contribution in [3.8, 4) is 5.75 Å². The maximum absolute atomic E-state index is 12.1. The highest BCUT2D eigenvalue weighted by Crippen LogP contribution is 2.22. The van der Waals surface area contributed by atoms with E-state index in [2.05, 4.69) is 5.32 Å². The standard InChI is InChI=1S/C21H19NO6/c1-12-3-4-14(7-13(12)2)21(26)22-10-20(25)27-11-15-8-19(24)28-18-9-16(23)5-6-17(15)18/h3-9,23H,10-11H2,1-2H3,(H,22,26). The minimum Gasteiger partial charge on any atom is -0.508 e.